The number of methoxy groups -OCH3 is 1. The molecule has 15 heavy (non-hydrogen) atoms. The van der Waals surface area contributed by atoms with Gasteiger partial charge in [0.15, 0.2) is 0 Å². The lowest BCUT2D eigenvalue weighted by Gasteiger charge is -2.07. The lowest BCUT2D eigenvalue weighted by atomic mass is 10.0. The minimum atomic E-state index is 0.701. The van der Waals surface area contributed by atoms with Crippen molar-refractivity contribution in [2.45, 2.75) is 20.3 Å². The average Bonchev–Trinajstić information content (AvgIpc) is 2.25. The molecule has 0 saturated carbocycles. The predicted molar refractivity (Wildman–Crippen MR) is 65.1 cm³/mol. The van der Waals surface area contributed by atoms with Gasteiger partial charge in [-0.2, -0.15) is 0 Å². The summed E-state index contributed by atoms with van der Waals surface area (Å²) in [5.41, 5.74) is 9.14. The monoisotopic (exact) mass is 205 g/mol. The molecule has 1 aromatic rings. The molecule has 0 aliphatic rings. The lowest BCUT2D eigenvalue weighted by molar-refractivity contribution is 0.411. The van der Waals surface area contributed by atoms with Crippen LogP contribution in [0.1, 0.15) is 24.5 Å². The Morgan fingerprint density at radius 3 is 2.73 bits per heavy atom. The van der Waals surface area contributed by atoms with Gasteiger partial charge in [-0.15, -0.1) is 0 Å². The van der Waals surface area contributed by atoms with E-state index in [9.17, 15) is 0 Å². The Hall–Kier alpha value is -1.28. The molecule has 0 atom stereocenters. The summed E-state index contributed by atoms with van der Waals surface area (Å²) in [7, 11) is 1.69. The van der Waals surface area contributed by atoms with Crippen molar-refractivity contribution in [3.63, 3.8) is 0 Å². The largest absolute Gasteiger partial charge is 0.496 e. The summed E-state index contributed by atoms with van der Waals surface area (Å²) in [4.78, 5) is 0. The Balaban J connectivity index is 2.92. The van der Waals surface area contributed by atoms with Gasteiger partial charge in [0, 0.05) is 0 Å². The highest BCUT2D eigenvalue weighted by molar-refractivity contribution is 5.65. The number of hydrogen-bond donors (Lipinski definition) is 1. The van der Waals surface area contributed by atoms with Gasteiger partial charge in [-0.3, -0.25) is 0 Å². The zero-order valence-corrected chi connectivity index (χ0v) is 9.71. The number of rotatable bonds is 4. The van der Waals surface area contributed by atoms with Gasteiger partial charge in [0.1, 0.15) is 5.75 Å². The summed E-state index contributed by atoms with van der Waals surface area (Å²) in [6.45, 7) is 4.86. The molecule has 0 aromatic heterocycles. The zero-order valence-electron chi connectivity index (χ0n) is 9.71. The summed E-state index contributed by atoms with van der Waals surface area (Å²) >= 11 is 0. The third kappa shape index (κ3) is 3.10. The van der Waals surface area contributed by atoms with Crippen LogP contribution in [0, 0.1) is 6.92 Å². The molecule has 0 unspecified atom stereocenters. The van der Waals surface area contributed by atoms with Gasteiger partial charge in [0.25, 0.3) is 0 Å². The van der Waals surface area contributed by atoms with Crippen LogP contribution in [-0.4, -0.2) is 13.7 Å². The van der Waals surface area contributed by atoms with Crippen molar-refractivity contribution in [3.8, 4) is 5.75 Å². The molecule has 0 radical (unpaired) electrons. The van der Waals surface area contributed by atoms with E-state index in [0.29, 0.717) is 6.54 Å². The Labute approximate surface area is 91.7 Å². The van der Waals surface area contributed by atoms with Crippen LogP contribution in [0.5, 0.6) is 5.75 Å². The predicted octanol–water partition coefficient (Wildman–Crippen LogP) is 2.76. The van der Waals surface area contributed by atoms with E-state index in [1.54, 1.807) is 7.11 Å². The molecule has 0 saturated heterocycles. The highest BCUT2D eigenvalue weighted by atomic mass is 16.5. The fraction of sp³-hybridized carbons (Fsp3) is 0.385. The number of aryl methyl sites for hydroxylation is 1. The van der Waals surface area contributed by atoms with Gasteiger partial charge in [0.2, 0.25) is 0 Å². The second kappa shape index (κ2) is 5.56. The van der Waals surface area contributed by atoms with Crippen LogP contribution in [0.15, 0.2) is 24.3 Å². The van der Waals surface area contributed by atoms with Gasteiger partial charge in [-0.05, 0) is 55.6 Å². The standard InChI is InChI=1S/C13H19NO/c1-10(5-4-8-14)12-6-7-13(15-3)11(2)9-12/h5-7,9H,4,8,14H2,1-3H3/b10-5+. The molecule has 2 heteroatoms. The van der Waals surface area contributed by atoms with Gasteiger partial charge in [0.05, 0.1) is 7.11 Å². The van der Waals surface area contributed by atoms with Crippen LogP contribution >= 0.6 is 0 Å². The number of ether oxygens (including phenoxy) is 1. The summed E-state index contributed by atoms with van der Waals surface area (Å²) in [6.07, 6.45) is 3.10. The molecule has 2 N–H and O–H groups in total. The SMILES string of the molecule is COc1ccc(/C(C)=C/CCN)cc1C. The van der Waals surface area contributed by atoms with Crippen molar-refractivity contribution in [3.05, 3.63) is 35.4 Å². The Bertz CT molecular complexity index is 356. The van der Waals surface area contributed by atoms with Crippen molar-refractivity contribution in [1.82, 2.24) is 0 Å². The first-order chi connectivity index (χ1) is 7.19. The van der Waals surface area contributed by atoms with E-state index >= 15 is 0 Å². The van der Waals surface area contributed by atoms with Crippen molar-refractivity contribution in [2.24, 2.45) is 5.73 Å². The van der Waals surface area contributed by atoms with Gasteiger partial charge >= 0.3 is 0 Å². The van der Waals surface area contributed by atoms with Crippen molar-refractivity contribution in [1.29, 1.82) is 0 Å². The molecule has 82 valence electrons. The maximum atomic E-state index is 5.47. The molecular formula is C13H19NO. The third-order valence-corrected chi connectivity index (χ3v) is 2.47. The molecule has 0 aliphatic heterocycles. The van der Waals surface area contributed by atoms with E-state index in [1.807, 2.05) is 6.07 Å². The van der Waals surface area contributed by atoms with Crippen LogP contribution in [0.3, 0.4) is 0 Å². The van der Waals surface area contributed by atoms with Crippen molar-refractivity contribution < 1.29 is 4.74 Å². The molecule has 2 nitrogen and oxygen atoms in total. The van der Waals surface area contributed by atoms with Gasteiger partial charge in [-0.25, -0.2) is 0 Å². The highest BCUT2D eigenvalue weighted by Crippen LogP contribution is 2.22. The fourth-order valence-corrected chi connectivity index (χ4v) is 1.54. The number of nitrogens with two attached hydrogens (primary N) is 1. The molecule has 0 fully saturated rings. The summed E-state index contributed by atoms with van der Waals surface area (Å²) in [6, 6.07) is 6.22. The van der Waals surface area contributed by atoms with E-state index in [0.717, 1.165) is 17.7 Å². The van der Waals surface area contributed by atoms with Crippen molar-refractivity contribution >= 4 is 5.57 Å². The minimum absolute atomic E-state index is 0.701. The average molecular weight is 205 g/mol. The van der Waals surface area contributed by atoms with E-state index < -0.39 is 0 Å². The van der Waals surface area contributed by atoms with Crippen LogP contribution in [0.4, 0.5) is 0 Å². The first-order valence-corrected chi connectivity index (χ1v) is 5.21. The Kier molecular flexibility index (Phi) is 4.37. The van der Waals surface area contributed by atoms with E-state index in [2.05, 4.69) is 32.1 Å². The van der Waals surface area contributed by atoms with E-state index in [-0.39, 0.29) is 0 Å². The maximum Gasteiger partial charge on any atom is 0.121 e. The zero-order chi connectivity index (χ0) is 11.3. The number of hydrogen-bond acceptors (Lipinski definition) is 2. The summed E-state index contributed by atoms with van der Waals surface area (Å²) in [5, 5.41) is 0. The van der Waals surface area contributed by atoms with Gasteiger partial charge in [-0.1, -0.05) is 12.1 Å². The first-order valence-electron chi connectivity index (χ1n) is 5.21. The fourth-order valence-electron chi connectivity index (χ4n) is 1.54. The second-order valence-corrected chi connectivity index (χ2v) is 3.65. The second-order valence-electron chi connectivity index (χ2n) is 3.65. The number of benzene rings is 1. The Morgan fingerprint density at radius 1 is 1.47 bits per heavy atom. The van der Waals surface area contributed by atoms with Crippen molar-refractivity contribution in [2.75, 3.05) is 13.7 Å². The number of allylic oxidation sites excluding steroid dienone is 1. The highest BCUT2D eigenvalue weighted by Gasteiger charge is 2.00. The molecular weight excluding hydrogens is 186 g/mol. The third-order valence-electron chi connectivity index (χ3n) is 2.47. The maximum absolute atomic E-state index is 5.47. The van der Waals surface area contributed by atoms with Crippen LogP contribution in [0.25, 0.3) is 5.57 Å². The molecule has 1 rings (SSSR count). The molecule has 0 spiro atoms. The molecule has 0 bridgehead atoms. The normalized spacial score (nSPS) is 11.6. The van der Waals surface area contributed by atoms with E-state index in [1.165, 1.54) is 11.1 Å². The summed E-state index contributed by atoms with van der Waals surface area (Å²) in [5.74, 6) is 0.936. The first kappa shape index (κ1) is 11.8. The Morgan fingerprint density at radius 2 is 2.20 bits per heavy atom. The smallest absolute Gasteiger partial charge is 0.121 e. The quantitative estimate of drug-likeness (QED) is 0.820. The lowest BCUT2D eigenvalue weighted by Crippen LogP contribution is -1.96. The molecule has 0 heterocycles. The summed E-state index contributed by atoms with van der Waals surface area (Å²) < 4.78 is 5.22. The van der Waals surface area contributed by atoms with Crippen LogP contribution in [0.2, 0.25) is 0 Å². The minimum Gasteiger partial charge on any atom is -0.496 e. The van der Waals surface area contributed by atoms with Gasteiger partial charge < -0.3 is 10.5 Å². The molecule has 0 aliphatic carbocycles. The van der Waals surface area contributed by atoms with Crippen LogP contribution in [-0.2, 0) is 0 Å². The molecule has 1 aromatic carbocycles. The van der Waals surface area contributed by atoms with E-state index in [4.69, 9.17) is 10.5 Å². The molecule has 0 amide bonds. The van der Waals surface area contributed by atoms with Crippen LogP contribution < -0.4 is 10.5 Å². The topological polar surface area (TPSA) is 35.2 Å².